The summed E-state index contributed by atoms with van der Waals surface area (Å²) in [5.41, 5.74) is 1.28. The second-order valence-electron chi connectivity index (χ2n) is 5.56. The van der Waals surface area contributed by atoms with Gasteiger partial charge in [-0.05, 0) is 29.2 Å². The third kappa shape index (κ3) is 3.38. The number of carbonyl (C=O) groups is 1. The molecule has 1 aromatic heterocycles. The molecule has 0 atom stereocenters. The maximum Gasteiger partial charge on any atom is 0.229 e. The van der Waals surface area contributed by atoms with E-state index in [0.717, 1.165) is 22.9 Å². The van der Waals surface area contributed by atoms with Crippen molar-refractivity contribution in [1.82, 2.24) is 10.2 Å². The van der Waals surface area contributed by atoms with Crippen molar-refractivity contribution in [3.8, 4) is 0 Å². The van der Waals surface area contributed by atoms with Gasteiger partial charge < -0.3 is 5.32 Å². The Morgan fingerprint density at radius 2 is 2.00 bits per heavy atom. The molecule has 1 heterocycles. The lowest BCUT2D eigenvalue weighted by atomic mass is 10.1. The van der Waals surface area contributed by atoms with E-state index in [4.69, 9.17) is 0 Å². The predicted octanol–water partition coefficient (Wildman–Crippen LogP) is 4.33. The Balaban J connectivity index is 1.44. The monoisotopic (exact) mass is 341 g/mol. The number of anilines is 1. The molecular weight excluding hydrogens is 326 g/mol. The van der Waals surface area contributed by atoms with Gasteiger partial charge in [-0.15, -0.1) is 10.2 Å². The molecule has 1 N–H and O–H groups in total. The predicted molar refractivity (Wildman–Crippen MR) is 94.8 cm³/mol. The maximum absolute atomic E-state index is 11.7. The Kier molecular flexibility index (Phi) is 4.01. The van der Waals surface area contributed by atoms with Crippen molar-refractivity contribution >= 4 is 44.9 Å². The quantitative estimate of drug-likeness (QED) is 0.554. The van der Waals surface area contributed by atoms with Crippen LogP contribution in [-0.4, -0.2) is 16.1 Å². The highest BCUT2D eigenvalue weighted by Crippen LogP contribution is 2.33. The molecule has 23 heavy (non-hydrogen) atoms. The van der Waals surface area contributed by atoms with Crippen LogP contribution in [0.15, 0.2) is 46.8 Å². The Morgan fingerprint density at radius 1 is 1.17 bits per heavy atom. The molecule has 1 aliphatic rings. The average Bonchev–Trinajstić information content (AvgIpc) is 3.34. The first-order valence-corrected chi connectivity index (χ1v) is 9.33. The highest BCUT2D eigenvalue weighted by molar-refractivity contribution is 8.00. The SMILES string of the molecule is O=C(Nc1nnc(SCc2cccc3ccccc23)s1)C1CC1. The summed E-state index contributed by atoms with van der Waals surface area (Å²) >= 11 is 3.09. The van der Waals surface area contributed by atoms with E-state index < -0.39 is 0 Å². The van der Waals surface area contributed by atoms with Crippen LogP contribution in [0.25, 0.3) is 10.8 Å². The van der Waals surface area contributed by atoms with E-state index >= 15 is 0 Å². The smallest absolute Gasteiger partial charge is 0.229 e. The van der Waals surface area contributed by atoms with E-state index in [2.05, 4.69) is 58.0 Å². The topological polar surface area (TPSA) is 54.9 Å². The first-order valence-electron chi connectivity index (χ1n) is 7.53. The zero-order valence-corrected chi connectivity index (χ0v) is 14.0. The lowest BCUT2D eigenvalue weighted by molar-refractivity contribution is -0.117. The Morgan fingerprint density at radius 3 is 2.87 bits per heavy atom. The van der Waals surface area contributed by atoms with Gasteiger partial charge in [0.25, 0.3) is 0 Å². The number of amides is 1. The molecule has 3 aromatic rings. The number of hydrogen-bond acceptors (Lipinski definition) is 5. The van der Waals surface area contributed by atoms with Gasteiger partial charge in [-0.25, -0.2) is 0 Å². The van der Waals surface area contributed by atoms with Crippen molar-refractivity contribution in [2.45, 2.75) is 22.9 Å². The number of nitrogens with one attached hydrogen (secondary N) is 1. The summed E-state index contributed by atoms with van der Waals surface area (Å²) in [7, 11) is 0. The molecule has 1 fully saturated rings. The van der Waals surface area contributed by atoms with Gasteiger partial charge in [0.2, 0.25) is 11.0 Å². The number of carbonyl (C=O) groups excluding carboxylic acids is 1. The second-order valence-corrected chi connectivity index (χ2v) is 7.76. The van der Waals surface area contributed by atoms with Crippen LogP contribution in [0.3, 0.4) is 0 Å². The summed E-state index contributed by atoms with van der Waals surface area (Å²) in [6.07, 6.45) is 1.99. The molecule has 1 saturated carbocycles. The van der Waals surface area contributed by atoms with Crippen LogP contribution >= 0.6 is 23.1 Å². The Labute approximate surface area is 142 Å². The van der Waals surface area contributed by atoms with Crippen LogP contribution < -0.4 is 5.32 Å². The van der Waals surface area contributed by atoms with E-state index in [0.29, 0.717) is 5.13 Å². The lowest BCUT2D eigenvalue weighted by Gasteiger charge is -2.04. The standard InChI is InChI=1S/C17H15N3OS2/c21-15(12-8-9-12)18-16-19-20-17(23-16)22-10-13-6-3-5-11-4-1-2-7-14(11)13/h1-7,12H,8-10H2,(H,18,19,21). The van der Waals surface area contributed by atoms with Gasteiger partial charge in [-0.1, -0.05) is 65.6 Å². The summed E-state index contributed by atoms with van der Waals surface area (Å²) in [6.45, 7) is 0. The summed E-state index contributed by atoms with van der Waals surface area (Å²) < 4.78 is 0.879. The zero-order valence-electron chi connectivity index (χ0n) is 12.4. The molecule has 0 saturated heterocycles. The van der Waals surface area contributed by atoms with Crippen molar-refractivity contribution in [2.75, 3.05) is 5.32 Å². The molecule has 116 valence electrons. The number of thioether (sulfide) groups is 1. The molecule has 0 spiro atoms. The molecule has 6 heteroatoms. The molecule has 0 unspecified atom stereocenters. The number of fused-ring (bicyclic) bond motifs is 1. The zero-order chi connectivity index (χ0) is 15.6. The van der Waals surface area contributed by atoms with Crippen molar-refractivity contribution < 1.29 is 4.79 Å². The number of hydrogen-bond donors (Lipinski definition) is 1. The lowest BCUT2D eigenvalue weighted by Crippen LogP contribution is -2.12. The minimum atomic E-state index is 0.0757. The summed E-state index contributed by atoms with van der Waals surface area (Å²) in [5, 5.41) is 14.2. The second kappa shape index (κ2) is 6.29. The van der Waals surface area contributed by atoms with Gasteiger partial charge in [0.1, 0.15) is 0 Å². The molecule has 4 nitrogen and oxygen atoms in total. The van der Waals surface area contributed by atoms with Gasteiger partial charge >= 0.3 is 0 Å². The van der Waals surface area contributed by atoms with Crippen LogP contribution in [0.5, 0.6) is 0 Å². The highest BCUT2D eigenvalue weighted by Gasteiger charge is 2.30. The fraction of sp³-hybridized carbons (Fsp3) is 0.235. The van der Waals surface area contributed by atoms with E-state index in [-0.39, 0.29) is 11.8 Å². The van der Waals surface area contributed by atoms with E-state index in [1.165, 1.54) is 27.7 Å². The molecule has 2 aromatic carbocycles. The first-order chi connectivity index (χ1) is 11.3. The molecule has 0 radical (unpaired) electrons. The first kappa shape index (κ1) is 14.7. The van der Waals surface area contributed by atoms with E-state index in [9.17, 15) is 4.79 Å². The number of rotatable bonds is 5. The van der Waals surface area contributed by atoms with Gasteiger partial charge in [0.15, 0.2) is 4.34 Å². The molecular formula is C17H15N3OS2. The van der Waals surface area contributed by atoms with Crippen molar-refractivity contribution in [1.29, 1.82) is 0 Å². The van der Waals surface area contributed by atoms with Crippen LogP contribution in [0.1, 0.15) is 18.4 Å². The Hall–Kier alpha value is -1.92. The Bertz CT molecular complexity index is 852. The number of nitrogens with zero attached hydrogens (tertiary/aromatic N) is 2. The minimum absolute atomic E-state index is 0.0757. The van der Waals surface area contributed by atoms with Gasteiger partial charge in [0, 0.05) is 11.7 Å². The van der Waals surface area contributed by atoms with Crippen LogP contribution in [-0.2, 0) is 10.5 Å². The van der Waals surface area contributed by atoms with Gasteiger partial charge in [-0.3, -0.25) is 4.79 Å². The summed E-state index contributed by atoms with van der Waals surface area (Å²) in [5.74, 6) is 1.10. The number of aromatic nitrogens is 2. The van der Waals surface area contributed by atoms with Gasteiger partial charge in [0.05, 0.1) is 0 Å². The largest absolute Gasteiger partial charge is 0.300 e. The fourth-order valence-corrected chi connectivity index (χ4v) is 4.19. The third-order valence-corrected chi connectivity index (χ3v) is 5.84. The fourth-order valence-electron chi connectivity index (χ4n) is 2.43. The van der Waals surface area contributed by atoms with Crippen molar-refractivity contribution in [3.63, 3.8) is 0 Å². The minimum Gasteiger partial charge on any atom is -0.300 e. The van der Waals surface area contributed by atoms with Crippen molar-refractivity contribution in [2.24, 2.45) is 5.92 Å². The molecule has 0 bridgehead atoms. The third-order valence-electron chi connectivity index (χ3n) is 3.82. The van der Waals surface area contributed by atoms with Crippen LogP contribution in [0.2, 0.25) is 0 Å². The summed E-state index contributed by atoms with van der Waals surface area (Å²) in [4.78, 5) is 11.7. The van der Waals surface area contributed by atoms with E-state index in [1.807, 2.05) is 0 Å². The van der Waals surface area contributed by atoms with E-state index in [1.54, 1.807) is 11.8 Å². The maximum atomic E-state index is 11.7. The highest BCUT2D eigenvalue weighted by atomic mass is 32.2. The molecule has 1 aliphatic carbocycles. The molecule has 4 rings (SSSR count). The van der Waals surface area contributed by atoms with Crippen LogP contribution in [0, 0.1) is 5.92 Å². The molecule has 0 aliphatic heterocycles. The normalized spacial score (nSPS) is 14.1. The van der Waals surface area contributed by atoms with Crippen LogP contribution in [0.4, 0.5) is 5.13 Å². The summed E-state index contributed by atoms with van der Waals surface area (Å²) in [6, 6.07) is 14.7. The molecule has 1 amide bonds. The van der Waals surface area contributed by atoms with Gasteiger partial charge in [-0.2, -0.15) is 0 Å². The van der Waals surface area contributed by atoms with Crippen molar-refractivity contribution in [3.05, 3.63) is 48.0 Å². The average molecular weight is 341 g/mol. The number of benzene rings is 2.